The van der Waals surface area contributed by atoms with Crippen molar-refractivity contribution >= 4 is 57.2 Å². The maximum atomic E-state index is 12.2. The Morgan fingerprint density at radius 1 is 1.18 bits per heavy atom. The molecule has 28 heavy (non-hydrogen) atoms. The summed E-state index contributed by atoms with van der Waals surface area (Å²) in [6.45, 7) is 2.17. The lowest BCUT2D eigenvalue weighted by Gasteiger charge is -2.01. The Hall–Kier alpha value is -1.62. The second-order valence-corrected chi connectivity index (χ2v) is 10.0. The number of unbranched alkanes of at least 4 members (excludes halogenated alkanes) is 1. The quantitative estimate of drug-likeness (QED) is 0.331. The van der Waals surface area contributed by atoms with Gasteiger partial charge in [-0.15, -0.1) is 21.5 Å². The van der Waals surface area contributed by atoms with Crippen LogP contribution in [-0.4, -0.2) is 39.7 Å². The summed E-state index contributed by atoms with van der Waals surface area (Å²) < 4.78 is 6.94. The van der Waals surface area contributed by atoms with E-state index in [1.807, 2.05) is 29.6 Å². The fourth-order valence-electron chi connectivity index (χ4n) is 2.13. The number of anilines is 1. The summed E-state index contributed by atoms with van der Waals surface area (Å²) in [6, 6.07) is 7.67. The number of hydrogen-bond acceptors (Lipinski definition) is 9. The molecule has 3 aromatic rings. The molecule has 0 radical (unpaired) electrons. The molecule has 0 fully saturated rings. The van der Waals surface area contributed by atoms with Gasteiger partial charge in [0.15, 0.2) is 13.8 Å². The van der Waals surface area contributed by atoms with Crippen LogP contribution in [0.25, 0.3) is 11.3 Å². The summed E-state index contributed by atoms with van der Waals surface area (Å²) in [5, 5.41) is 13.7. The molecule has 1 aromatic carbocycles. The van der Waals surface area contributed by atoms with E-state index in [1.165, 1.54) is 47.3 Å². The molecular weight excluding hydrogens is 432 g/mol. The molecule has 0 aliphatic rings. The zero-order valence-corrected chi connectivity index (χ0v) is 18.8. The van der Waals surface area contributed by atoms with Crippen molar-refractivity contribution < 1.29 is 9.53 Å². The van der Waals surface area contributed by atoms with Crippen LogP contribution in [0.2, 0.25) is 0 Å². The second kappa shape index (κ2) is 10.8. The van der Waals surface area contributed by atoms with Gasteiger partial charge in [-0.1, -0.05) is 48.2 Å². The van der Waals surface area contributed by atoms with Crippen LogP contribution in [0.4, 0.5) is 5.13 Å². The number of carbonyl (C=O) groups is 1. The van der Waals surface area contributed by atoms with Crippen molar-refractivity contribution in [1.82, 2.24) is 15.2 Å². The summed E-state index contributed by atoms with van der Waals surface area (Å²) in [7, 11) is 1.64. The molecule has 10 heteroatoms. The standard InChI is InChI=1S/C18H20N4O2S4/c1-3-4-9-25-17-21-22-18(28-17)27-11-15(23)20-16-19-14(10-26-16)12-5-7-13(24-2)8-6-12/h5-8,10H,3-4,9,11H2,1-2H3,(H,19,20,23). The largest absolute Gasteiger partial charge is 0.497 e. The van der Waals surface area contributed by atoms with E-state index in [2.05, 4.69) is 27.4 Å². The molecule has 0 unspecified atom stereocenters. The van der Waals surface area contributed by atoms with Gasteiger partial charge in [0.05, 0.1) is 18.6 Å². The Morgan fingerprint density at radius 3 is 2.64 bits per heavy atom. The van der Waals surface area contributed by atoms with Crippen LogP contribution in [0.15, 0.2) is 38.3 Å². The van der Waals surface area contributed by atoms with Crippen LogP contribution in [0.1, 0.15) is 19.8 Å². The molecule has 0 bridgehead atoms. The Labute approximate surface area is 180 Å². The third kappa shape index (κ3) is 6.20. The first kappa shape index (κ1) is 21.1. The molecule has 0 saturated carbocycles. The average molecular weight is 453 g/mol. The molecule has 3 rings (SSSR count). The highest BCUT2D eigenvalue weighted by atomic mass is 32.2. The van der Waals surface area contributed by atoms with E-state index in [1.54, 1.807) is 18.9 Å². The number of amides is 1. The minimum Gasteiger partial charge on any atom is -0.497 e. The van der Waals surface area contributed by atoms with Gasteiger partial charge in [0.1, 0.15) is 5.75 Å². The topological polar surface area (TPSA) is 77.0 Å². The highest BCUT2D eigenvalue weighted by Crippen LogP contribution is 2.30. The Balaban J connectivity index is 1.48. The predicted molar refractivity (Wildman–Crippen MR) is 119 cm³/mol. The van der Waals surface area contributed by atoms with E-state index >= 15 is 0 Å². The van der Waals surface area contributed by atoms with Crippen molar-refractivity contribution in [3.8, 4) is 17.0 Å². The van der Waals surface area contributed by atoms with Gasteiger partial charge in [0, 0.05) is 16.7 Å². The number of nitrogens with one attached hydrogen (secondary N) is 1. The molecule has 1 N–H and O–H groups in total. The third-order valence-electron chi connectivity index (χ3n) is 3.57. The van der Waals surface area contributed by atoms with Gasteiger partial charge in [-0.3, -0.25) is 4.79 Å². The Kier molecular flexibility index (Phi) is 8.13. The highest BCUT2D eigenvalue weighted by molar-refractivity contribution is 8.03. The number of hydrogen-bond donors (Lipinski definition) is 1. The van der Waals surface area contributed by atoms with Crippen molar-refractivity contribution in [2.45, 2.75) is 28.4 Å². The molecule has 0 spiro atoms. The van der Waals surface area contributed by atoms with E-state index in [4.69, 9.17) is 4.74 Å². The van der Waals surface area contributed by atoms with E-state index in [0.29, 0.717) is 5.13 Å². The molecule has 1 amide bonds. The van der Waals surface area contributed by atoms with Crippen LogP contribution >= 0.6 is 46.2 Å². The number of carbonyl (C=O) groups excluding carboxylic acids is 1. The van der Waals surface area contributed by atoms with Gasteiger partial charge < -0.3 is 10.1 Å². The van der Waals surface area contributed by atoms with E-state index in [9.17, 15) is 4.79 Å². The molecule has 0 aliphatic heterocycles. The SMILES string of the molecule is CCCCSc1nnc(SCC(=O)Nc2nc(-c3ccc(OC)cc3)cs2)s1. The molecular formula is C18H20N4O2S4. The van der Waals surface area contributed by atoms with Gasteiger partial charge in [-0.25, -0.2) is 4.98 Å². The van der Waals surface area contributed by atoms with Gasteiger partial charge in [0.2, 0.25) is 5.91 Å². The van der Waals surface area contributed by atoms with Crippen molar-refractivity contribution in [1.29, 1.82) is 0 Å². The average Bonchev–Trinajstić information content (AvgIpc) is 3.36. The third-order valence-corrected chi connectivity index (χ3v) is 7.61. The molecule has 2 aromatic heterocycles. The molecule has 0 saturated heterocycles. The number of nitrogens with zero attached hydrogens (tertiary/aromatic N) is 3. The number of methoxy groups -OCH3 is 1. The van der Waals surface area contributed by atoms with Crippen LogP contribution in [0.3, 0.4) is 0 Å². The normalized spacial score (nSPS) is 10.8. The van der Waals surface area contributed by atoms with Crippen LogP contribution in [0, 0.1) is 0 Å². The molecule has 6 nitrogen and oxygen atoms in total. The summed E-state index contributed by atoms with van der Waals surface area (Å²) >= 11 is 6.06. The molecule has 2 heterocycles. The van der Waals surface area contributed by atoms with Crippen molar-refractivity contribution in [2.75, 3.05) is 23.9 Å². The first-order chi connectivity index (χ1) is 13.7. The summed E-state index contributed by atoms with van der Waals surface area (Å²) in [5.41, 5.74) is 1.81. The Bertz CT molecular complexity index is 895. The number of benzene rings is 1. The monoisotopic (exact) mass is 452 g/mol. The number of thioether (sulfide) groups is 2. The molecule has 0 aliphatic carbocycles. The maximum Gasteiger partial charge on any atom is 0.236 e. The number of thiazole rings is 1. The highest BCUT2D eigenvalue weighted by Gasteiger charge is 2.11. The summed E-state index contributed by atoms with van der Waals surface area (Å²) in [4.78, 5) is 16.7. The van der Waals surface area contributed by atoms with E-state index in [0.717, 1.165) is 31.4 Å². The maximum absolute atomic E-state index is 12.2. The first-order valence-corrected chi connectivity index (χ1v) is 12.3. The minimum absolute atomic E-state index is 0.101. The zero-order valence-electron chi connectivity index (χ0n) is 15.5. The van der Waals surface area contributed by atoms with Crippen LogP contribution < -0.4 is 10.1 Å². The molecule has 0 atom stereocenters. The predicted octanol–water partition coefficient (Wildman–Crippen LogP) is 5.29. The smallest absolute Gasteiger partial charge is 0.236 e. The van der Waals surface area contributed by atoms with Crippen molar-refractivity contribution in [3.63, 3.8) is 0 Å². The fourth-order valence-corrected chi connectivity index (χ4v) is 5.84. The number of aromatic nitrogens is 3. The van der Waals surface area contributed by atoms with Gasteiger partial charge >= 0.3 is 0 Å². The zero-order chi connectivity index (χ0) is 19.8. The molecule has 148 valence electrons. The minimum atomic E-state index is -0.101. The van der Waals surface area contributed by atoms with Gasteiger partial charge in [-0.2, -0.15) is 0 Å². The van der Waals surface area contributed by atoms with Crippen LogP contribution in [0.5, 0.6) is 5.75 Å². The van der Waals surface area contributed by atoms with Crippen molar-refractivity contribution in [3.05, 3.63) is 29.6 Å². The van der Waals surface area contributed by atoms with Gasteiger partial charge in [-0.05, 0) is 30.7 Å². The number of ether oxygens (including phenoxy) is 1. The first-order valence-electron chi connectivity index (χ1n) is 8.67. The van der Waals surface area contributed by atoms with E-state index in [-0.39, 0.29) is 11.7 Å². The lowest BCUT2D eigenvalue weighted by Crippen LogP contribution is -2.13. The number of rotatable bonds is 10. The second-order valence-electron chi connectivity index (χ2n) is 5.64. The summed E-state index contributed by atoms with van der Waals surface area (Å²) in [5.74, 6) is 2.03. The summed E-state index contributed by atoms with van der Waals surface area (Å²) in [6.07, 6.45) is 2.34. The van der Waals surface area contributed by atoms with Crippen molar-refractivity contribution in [2.24, 2.45) is 0 Å². The fraction of sp³-hybridized carbons (Fsp3) is 0.333. The lowest BCUT2D eigenvalue weighted by atomic mass is 10.2. The van der Waals surface area contributed by atoms with Gasteiger partial charge in [0.25, 0.3) is 0 Å². The Morgan fingerprint density at radius 2 is 1.93 bits per heavy atom. The lowest BCUT2D eigenvalue weighted by molar-refractivity contribution is -0.113. The van der Waals surface area contributed by atoms with E-state index < -0.39 is 0 Å². The van der Waals surface area contributed by atoms with Crippen LogP contribution in [-0.2, 0) is 4.79 Å².